The number of rotatable bonds is 13. The zero-order valence-corrected chi connectivity index (χ0v) is 19.3. The number of carboxylic acid groups (broad SMARTS) is 2. The highest BCUT2D eigenvalue weighted by Gasteiger charge is 2.31. The predicted octanol–water partition coefficient (Wildman–Crippen LogP) is 0.516. The number of carbonyl (C=O) groups is 2. The Hall–Kier alpha value is -3.80. The summed E-state index contributed by atoms with van der Waals surface area (Å²) in [5.41, 5.74) is 1.38. The Morgan fingerprint density at radius 2 is 1.89 bits per heavy atom. The van der Waals surface area contributed by atoms with Gasteiger partial charge in [-0.25, -0.2) is 14.6 Å². The van der Waals surface area contributed by atoms with Gasteiger partial charge in [-0.3, -0.25) is 4.57 Å². The Bertz CT molecular complexity index is 1230. The van der Waals surface area contributed by atoms with Crippen LogP contribution in [0, 0.1) is 12.3 Å². The predicted molar refractivity (Wildman–Crippen MR) is 125 cm³/mol. The average molecular weight is 520 g/mol. The van der Waals surface area contributed by atoms with E-state index in [1.807, 2.05) is 30.3 Å². The molecule has 0 saturated heterocycles. The smallest absolute Gasteiger partial charge is 0.344 e. The van der Waals surface area contributed by atoms with Crippen LogP contribution in [0.2, 0.25) is 5.28 Å². The first kappa shape index (κ1) is 26.8. The minimum absolute atomic E-state index is 0.136. The molecule has 0 aliphatic heterocycles. The van der Waals surface area contributed by atoms with Crippen LogP contribution in [-0.4, -0.2) is 83.4 Å². The number of nitrogens with zero attached hydrogens (tertiary/aromatic N) is 4. The Kier molecular flexibility index (Phi) is 9.12. The fraction of sp³-hybridized carbons (Fsp3) is 0.318. The molecule has 2 heterocycles. The summed E-state index contributed by atoms with van der Waals surface area (Å²) < 4.78 is 11.8. The van der Waals surface area contributed by atoms with Crippen molar-refractivity contribution < 1.29 is 39.5 Å². The Labute approximate surface area is 209 Å². The molecule has 190 valence electrons. The summed E-state index contributed by atoms with van der Waals surface area (Å²) in [6, 6.07) is 9.47. The highest BCUT2D eigenvalue weighted by atomic mass is 35.5. The van der Waals surface area contributed by atoms with E-state index in [1.165, 1.54) is 10.9 Å². The summed E-state index contributed by atoms with van der Waals surface area (Å²) in [7, 11) is 0. The van der Waals surface area contributed by atoms with Crippen LogP contribution in [0.25, 0.3) is 11.2 Å². The number of ether oxygens (including phenoxy) is 2. The maximum Gasteiger partial charge on any atom is 0.344 e. The van der Waals surface area contributed by atoms with Gasteiger partial charge in [-0.15, -0.1) is 6.42 Å². The number of hydrogen-bond acceptors (Lipinski definition) is 10. The molecule has 0 amide bonds. The third-order valence-corrected chi connectivity index (χ3v) is 5.01. The summed E-state index contributed by atoms with van der Waals surface area (Å²) in [6.45, 7) is -0.951. The van der Waals surface area contributed by atoms with E-state index >= 15 is 0 Å². The van der Waals surface area contributed by atoms with Gasteiger partial charge in [0, 0.05) is 6.54 Å². The van der Waals surface area contributed by atoms with Crippen molar-refractivity contribution in [3.8, 4) is 12.3 Å². The minimum atomic E-state index is -2.18. The molecule has 36 heavy (non-hydrogen) atoms. The maximum absolute atomic E-state index is 11.0. The van der Waals surface area contributed by atoms with Crippen molar-refractivity contribution in [3.63, 3.8) is 0 Å². The van der Waals surface area contributed by atoms with Gasteiger partial charge in [0.25, 0.3) is 6.10 Å². The topological polar surface area (TPSA) is 189 Å². The van der Waals surface area contributed by atoms with Crippen molar-refractivity contribution in [3.05, 3.63) is 47.5 Å². The average Bonchev–Trinajstić information content (AvgIpc) is 3.27. The molecule has 0 aliphatic rings. The highest BCUT2D eigenvalue weighted by molar-refractivity contribution is 6.28. The number of benzene rings is 1. The van der Waals surface area contributed by atoms with Gasteiger partial charge in [0.2, 0.25) is 5.28 Å². The van der Waals surface area contributed by atoms with Gasteiger partial charge in [-0.1, -0.05) is 36.3 Å². The minimum Gasteiger partial charge on any atom is -0.479 e. The molecule has 5 N–H and O–H groups in total. The van der Waals surface area contributed by atoms with Crippen molar-refractivity contribution in [1.29, 1.82) is 0 Å². The van der Waals surface area contributed by atoms with E-state index in [0.717, 1.165) is 5.56 Å². The van der Waals surface area contributed by atoms with Crippen LogP contribution >= 0.6 is 11.6 Å². The molecule has 3 aromatic rings. The lowest BCUT2D eigenvalue weighted by molar-refractivity contribution is -0.175. The lowest BCUT2D eigenvalue weighted by Crippen LogP contribution is -2.38. The first-order valence-electron chi connectivity index (χ1n) is 10.4. The van der Waals surface area contributed by atoms with Gasteiger partial charge in [0.15, 0.2) is 29.3 Å². The normalized spacial score (nSPS) is 13.8. The molecule has 0 fully saturated rings. The Morgan fingerprint density at radius 3 is 2.50 bits per heavy atom. The molecule has 0 unspecified atom stereocenters. The first-order valence-corrected chi connectivity index (χ1v) is 10.8. The van der Waals surface area contributed by atoms with Gasteiger partial charge >= 0.3 is 11.9 Å². The SMILES string of the molecule is C#C[C@@H](O)[C@@H](O[C@@H](CO)COC(C(=O)O)C(=O)O)n1cnc2c(NCc3ccccc3)nc(Cl)nc21. The number of terminal acetylenes is 1. The van der Waals surface area contributed by atoms with Crippen molar-refractivity contribution >= 4 is 40.5 Å². The third-order valence-electron chi connectivity index (χ3n) is 4.84. The second kappa shape index (κ2) is 12.2. The zero-order valence-electron chi connectivity index (χ0n) is 18.6. The van der Waals surface area contributed by atoms with Gasteiger partial charge in [0.1, 0.15) is 6.10 Å². The molecule has 0 aliphatic carbocycles. The maximum atomic E-state index is 11.0. The molecule has 0 spiro atoms. The second-order valence-electron chi connectivity index (χ2n) is 7.34. The Morgan fingerprint density at radius 1 is 1.19 bits per heavy atom. The number of anilines is 1. The van der Waals surface area contributed by atoms with Crippen molar-refractivity contribution in [2.24, 2.45) is 0 Å². The molecular formula is C22H22ClN5O8. The van der Waals surface area contributed by atoms with E-state index in [9.17, 15) is 19.8 Å². The lowest BCUT2D eigenvalue weighted by atomic mass is 10.2. The van der Waals surface area contributed by atoms with Gasteiger partial charge in [-0.05, 0) is 17.2 Å². The van der Waals surface area contributed by atoms with Crippen molar-refractivity contribution in [1.82, 2.24) is 19.5 Å². The third kappa shape index (κ3) is 6.45. The molecular weight excluding hydrogens is 498 g/mol. The van der Waals surface area contributed by atoms with Crippen LogP contribution in [-0.2, 0) is 25.6 Å². The van der Waals surface area contributed by atoms with Gasteiger partial charge in [0.05, 0.1) is 19.5 Å². The van der Waals surface area contributed by atoms with Gasteiger partial charge in [-0.2, -0.15) is 9.97 Å². The standard InChI is InChI=1S/C22H22ClN5O8/c1-2-14(30)19(36-13(9-29)10-35-16(20(31)32)21(33)34)28-11-25-15-17(26-22(23)27-18(15)28)24-8-12-6-4-3-5-7-12/h1,3-7,11,13-14,16,19,29-30H,8-10H2,(H,31,32)(H,33,34)(H,24,26,27)/t13-,14+,19+/m0/s1. The van der Waals surface area contributed by atoms with E-state index < -0.39 is 49.7 Å². The van der Waals surface area contributed by atoms with E-state index in [4.69, 9.17) is 37.7 Å². The van der Waals surface area contributed by atoms with Crippen LogP contribution in [0.1, 0.15) is 11.8 Å². The van der Waals surface area contributed by atoms with E-state index in [0.29, 0.717) is 12.4 Å². The van der Waals surface area contributed by atoms with E-state index in [1.54, 1.807) is 0 Å². The van der Waals surface area contributed by atoms with Crippen LogP contribution < -0.4 is 5.32 Å². The largest absolute Gasteiger partial charge is 0.479 e. The van der Waals surface area contributed by atoms with Crippen LogP contribution in [0.4, 0.5) is 5.82 Å². The molecule has 0 radical (unpaired) electrons. The number of nitrogens with one attached hydrogen (secondary N) is 1. The summed E-state index contributed by atoms with van der Waals surface area (Å²) in [6.07, 6.45) is 0.219. The number of hydrogen-bond donors (Lipinski definition) is 5. The second-order valence-corrected chi connectivity index (χ2v) is 7.68. The molecule has 3 atom stereocenters. The quantitative estimate of drug-likeness (QED) is 0.120. The number of aliphatic hydroxyl groups is 2. The number of aromatic nitrogens is 4. The lowest BCUT2D eigenvalue weighted by Gasteiger charge is -2.26. The molecule has 2 aromatic heterocycles. The molecule has 14 heteroatoms. The summed E-state index contributed by atoms with van der Waals surface area (Å²) in [5.74, 6) is -1.06. The fourth-order valence-corrected chi connectivity index (χ4v) is 3.30. The first-order chi connectivity index (χ1) is 17.2. The summed E-state index contributed by atoms with van der Waals surface area (Å²) in [4.78, 5) is 34.7. The van der Waals surface area contributed by atoms with Crippen LogP contribution in [0.15, 0.2) is 36.7 Å². The number of imidazole rings is 1. The number of carboxylic acids is 2. The molecule has 0 bridgehead atoms. The number of aliphatic hydroxyl groups excluding tert-OH is 2. The Balaban J connectivity index is 1.87. The van der Waals surface area contributed by atoms with Crippen molar-refractivity contribution in [2.75, 3.05) is 18.5 Å². The van der Waals surface area contributed by atoms with Gasteiger partial charge < -0.3 is 35.2 Å². The zero-order chi connectivity index (χ0) is 26.2. The number of aliphatic carboxylic acids is 2. The summed E-state index contributed by atoms with van der Waals surface area (Å²) >= 11 is 6.11. The van der Waals surface area contributed by atoms with Crippen molar-refractivity contribution in [2.45, 2.75) is 31.1 Å². The monoisotopic (exact) mass is 519 g/mol. The van der Waals surface area contributed by atoms with Crippen LogP contribution in [0.5, 0.6) is 0 Å². The molecule has 1 aromatic carbocycles. The van der Waals surface area contributed by atoms with E-state index in [-0.39, 0.29) is 16.4 Å². The number of halogens is 1. The number of fused-ring (bicyclic) bond motifs is 1. The molecule has 13 nitrogen and oxygen atoms in total. The van der Waals surface area contributed by atoms with Crippen LogP contribution in [0.3, 0.4) is 0 Å². The fourth-order valence-electron chi connectivity index (χ4n) is 3.14. The molecule has 0 saturated carbocycles. The molecule has 3 rings (SSSR count). The highest BCUT2D eigenvalue weighted by Crippen LogP contribution is 2.27. The van der Waals surface area contributed by atoms with E-state index in [2.05, 4.69) is 26.2 Å². The summed E-state index contributed by atoms with van der Waals surface area (Å²) in [5, 5.41) is 41.0.